The van der Waals surface area contributed by atoms with E-state index in [0.717, 1.165) is 18.4 Å². The zero-order valence-electron chi connectivity index (χ0n) is 16.7. The number of furan rings is 1. The van der Waals surface area contributed by atoms with Gasteiger partial charge in [-0.15, -0.1) is 0 Å². The van der Waals surface area contributed by atoms with Crippen molar-refractivity contribution < 1.29 is 22.4 Å². The zero-order chi connectivity index (χ0) is 21.0. The Labute approximate surface area is 171 Å². The summed E-state index contributed by atoms with van der Waals surface area (Å²) in [7, 11) is -3.10. The number of anilines is 1. The molecule has 2 amide bonds. The number of sulfone groups is 1. The summed E-state index contributed by atoms with van der Waals surface area (Å²) >= 11 is 0. The van der Waals surface area contributed by atoms with E-state index in [9.17, 15) is 18.0 Å². The molecule has 1 aromatic carbocycles. The van der Waals surface area contributed by atoms with Gasteiger partial charge < -0.3 is 14.6 Å². The molecule has 3 rings (SSSR count). The van der Waals surface area contributed by atoms with Crippen molar-refractivity contribution in [1.29, 1.82) is 0 Å². The van der Waals surface area contributed by atoms with E-state index in [1.165, 1.54) is 6.26 Å². The summed E-state index contributed by atoms with van der Waals surface area (Å²) in [5.74, 6) is -0.300. The standard InChI is InChI=1S/C21H26N2O5S/c1-3-4-10-23(17-9-12-29(26,27)14-17)21(25)16-8-7-15(2)18(13-16)22-20(24)19-6-5-11-28-19/h5-8,11,13,17H,3-4,9-10,12,14H2,1-2H3,(H,22,24). The third kappa shape index (κ3) is 5.06. The Kier molecular flexibility index (Phi) is 6.42. The molecule has 0 spiro atoms. The van der Waals surface area contributed by atoms with Gasteiger partial charge in [-0.2, -0.15) is 0 Å². The van der Waals surface area contributed by atoms with E-state index < -0.39 is 15.7 Å². The summed E-state index contributed by atoms with van der Waals surface area (Å²) < 4.78 is 28.9. The van der Waals surface area contributed by atoms with Gasteiger partial charge in [0.2, 0.25) is 0 Å². The summed E-state index contributed by atoms with van der Waals surface area (Å²) in [6, 6.07) is 8.01. The number of amides is 2. The van der Waals surface area contributed by atoms with Gasteiger partial charge in [0.1, 0.15) is 0 Å². The maximum atomic E-state index is 13.2. The van der Waals surface area contributed by atoms with Crippen molar-refractivity contribution in [1.82, 2.24) is 4.90 Å². The molecule has 29 heavy (non-hydrogen) atoms. The minimum Gasteiger partial charge on any atom is -0.459 e. The molecule has 2 heterocycles. The first-order valence-corrected chi connectivity index (χ1v) is 11.6. The van der Waals surface area contributed by atoms with Crippen LogP contribution in [0.15, 0.2) is 41.0 Å². The number of hydrogen-bond acceptors (Lipinski definition) is 5. The number of rotatable bonds is 7. The van der Waals surface area contributed by atoms with E-state index in [2.05, 4.69) is 5.32 Å². The average molecular weight is 419 g/mol. The van der Waals surface area contributed by atoms with Gasteiger partial charge >= 0.3 is 0 Å². The highest BCUT2D eigenvalue weighted by Gasteiger charge is 2.34. The lowest BCUT2D eigenvalue weighted by atomic mass is 10.1. The topological polar surface area (TPSA) is 96.7 Å². The Morgan fingerprint density at radius 1 is 1.28 bits per heavy atom. The van der Waals surface area contributed by atoms with E-state index in [0.29, 0.717) is 24.2 Å². The fraction of sp³-hybridized carbons (Fsp3) is 0.429. The van der Waals surface area contributed by atoms with Crippen LogP contribution in [0, 0.1) is 6.92 Å². The van der Waals surface area contributed by atoms with Crippen LogP contribution in [-0.4, -0.2) is 49.2 Å². The summed E-state index contributed by atoms with van der Waals surface area (Å²) in [5.41, 5.74) is 1.75. The van der Waals surface area contributed by atoms with Gasteiger partial charge in [0.25, 0.3) is 11.8 Å². The Balaban J connectivity index is 1.83. The minimum absolute atomic E-state index is 0.0103. The molecule has 1 aliphatic rings. The Bertz CT molecular complexity index is 983. The van der Waals surface area contributed by atoms with Crippen LogP contribution in [0.5, 0.6) is 0 Å². The van der Waals surface area contributed by atoms with Gasteiger partial charge in [0, 0.05) is 23.8 Å². The van der Waals surface area contributed by atoms with Gasteiger partial charge in [-0.25, -0.2) is 8.42 Å². The van der Waals surface area contributed by atoms with Gasteiger partial charge in [-0.3, -0.25) is 9.59 Å². The van der Waals surface area contributed by atoms with E-state index >= 15 is 0 Å². The molecule has 0 aliphatic carbocycles. The van der Waals surface area contributed by atoms with Crippen LogP contribution in [0.3, 0.4) is 0 Å². The maximum Gasteiger partial charge on any atom is 0.291 e. The lowest BCUT2D eigenvalue weighted by Crippen LogP contribution is -2.41. The molecule has 0 radical (unpaired) electrons. The van der Waals surface area contributed by atoms with Crippen molar-refractivity contribution in [3.63, 3.8) is 0 Å². The molecule has 0 bridgehead atoms. The predicted octanol–water partition coefficient (Wildman–Crippen LogP) is 3.27. The molecule has 8 heteroatoms. The van der Waals surface area contributed by atoms with Crippen LogP contribution < -0.4 is 5.32 Å². The minimum atomic E-state index is -3.10. The van der Waals surface area contributed by atoms with E-state index in [4.69, 9.17) is 4.42 Å². The lowest BCUT2D eigenvalue weighted by molar-refractivity contribution is 0.0694. The summed E-state index contributed by atoms with van der Waals surface area (Å²) in [6.07, 6.45) is 3.59. The van der Waals surface area contributed by atoms with Crippen molar-refractivity contribution in [2.24, 2.45) is 0 Å². The highest BCUT2D eigenvalue weighted by molar-refractivity contribution is 7.91. The molecule has 1 aromatic heterocycles. The fourth-order valence-electron chi connectivity index (χ4n) is 3.45. The second kappa shape index (κ2) is 8.82. The molecule has 0 saturated carbocycles. The van der Waals surface area contributed by atoms with Crippen LogP contribution in [0.4, 0.5) is 5.69 Å². The SMILES string of the molecule is CCCCN(C(=O)c1ccc(C)c(NC(=O)c2ccco2)c1)C1CCS(=O)(=O)C1. The maximum absolute atomic E-state index is 13.2. The highest BCUT2D eigenvalue weighted by Crippen LogP contribution is 2.24. The number of unbranched alkanes of at least 4 members (excludes halogenated alkanes) is 1. The first-order valence-electron chi connectivity index (χ1n) is 9.77. The molecule has 1 atom stereocenters. The second-order valence-corrected chi connectivity index (χ2v) is 9.60. The van der Waals surface area contributed by atoms with Crippen molar-refractivity contribution in [2.45, 2.75) is 39.2 Å². The lowest BCUT2D eigenvalue weighted by Gasteiger charge is -2.28. The molecular weight excluding hydrogens is 392 g/mol. The van der Waals surface area contributed by atoms with Crippen LogP contribution in [0.2, 0.25) is 0 Å². The molecule has 1 N–H and O–H groups in total. The third-order valence-electron chi connectivity index (χ3n) is 5.14. The number of carbonyl (C=O) groups excluding carboxylic acids is 2. The van der Waals surface area contributed by atoms with E-state index in [1.54, 1.807) is 35.2 Å². The van der Waals surface area contributed by atoms with Gasteiger partial charge in [-0.1, -0.05) is 19.4 Å². The monoisotopic (exact) mass is 418 g/mol. The molecule has 1 saturated heterocycles. The smallest absolute Gasteiger partial charge is 0.291 e. The Hall–Kier alpha value is -2.61. The number of nitrogens with zero attached hydrogens (tertiary/aromatic N) is 1. The van der Waals surface area contributed by atoms with E-state index in [-0.39, 0.29) is 29.2 Å². The van der Waals surface area contributed by atoms with Crippen molar-refractivity contribution >= 4 is 27.3 Å². The Morgan fingerprint density at radius 3 is 2.69 bits per heavy atom. The number of aryl methyl sites for hydroxylation is 1. The van der Waals surface area contributed by atoms with Crippen molar-refractivity contribution in [3.05, 3.63) is 53.5 Å². The summed E-state index contributed by atoms with van der Waals surface area (Å²) in [5, 5.41) is 2.77. The second-order valence-electron chi connectivity index (χ2n) is 7.37. The molecule has 2 aromatic rings. The number of benzene rings is 1. The van der Waals surface area contributed by atoms with Crippen LogP contribution in [0.1, 0.15) is 52.7 Å². The zero-order valence-corrected chi connectivity index (χ0v) is 17.5. The fourth-order valence-corrected chi connectivity index (χ4v) is 5.18. The number of carbonyl (C=O) groups is 2. The first kappa shape index (κ1) is 21.1. The first-order chi connectivity index (χ1) is 13.8. The average Bonchev–Trinajstić information content (AvgIpc) is 3.33. The molecule has 1 fully saturated rings. The van der Waals surface area contributed by atoms with Gasteiger partial charge in [-0.05, 0) is 49.6 Å². The molecule has 156 valence electrons. The molecule has 7 nitrogen and oxygen atoms in total. The molecule has 1 unspecified atom stereocenters. The predicted molar refractivity (Wildman–Crippen MR) is 111 cm³/mol. The largest absolute Gasteiger partial charge is 0.459 e. The van der Waals surface area contributed by atoms with Gasteiger partial charge in [0.15, 0.2) is 15.6 Å². The van der Waals surface area contributed by atoms with Crippen LogP contribution in [-0.2, 0) is 9.84 Å². The number of nitrogens with one attached hydrogen (secondary N) is 1. The summed E-state index contributed by atoms with van der Waals surface area (Å²) in [6.45, 7) is 4.38. The van der Waals surface area contributed by atoms with Crippen molar-refractivity contribution in [3.8, 4) is 0 Å². The highest BCUT2D eigenvalue weighted by atomic mass is 32.2. The van der Waals surface area contributed by atoms with Crippen LogP contribution >= 0.6 is 0 Å². The Morgan fingerprint density at radius 2 is 2.07 bits per heavy atom. The normalized spacial score (nSPS) is 17.8. The quantitative estimate of drug-likeness (QED) is 0.744. The molecular formula is C21H26N2O5S. The number of hydrogen-bond donors (Lipinski definition) is 1. The molecule has 1 aliphatic heterocycles. The third-order valence-corrected chi connectivity index (χ3v) is 6.89. The van der Waals surface area contributed by atoms with Gasteiger partial charge in [0.05, 0.1) is 17.8 Å². The van der Waals surface area contributed by atoms with Crippen LogP contribution in [0.25, 0.3) is 0 Å². The van der Waals surface area contributed by atoms with E-state index in [1.807, 2.05) is 13.8 Å². The summed E-state index contributed by atoms with van der Waals surface area (Å²) in [4.78, 5) is 27.2. The van der Waals surface area contributed by atoms with Crippen molar-refractivity contribution in [2.75, 3.05) is 23.4 Å².